The van der Waals surface area contributed by atoms with Gasteiger partial charge in [0.2, 0.25) is 5.91 Å². The molecule has 0 bridgehead atoms. The first kappa shape index (κ1) is 19.2. The Hall–Kier alpha value is -3.12. The number of aromatic amines is 1. The molecule has 0 radical (unpaired) electrons. The van der Waals surface area contributed by atoms with Crippen molar-refractivity contribution >= 4 is 17.2 Å². The molecule has 2 aliphatic heterocycles. The van der Waals surface area contributed by atoms with Crippen LogP contribution in [0.4, 0.5) is 5.69 Å². The molecule has 0 unspecified atom stereocenters. The number of aliphatic hydroxyl groups excluding tert-OH is 1. The summed E-state index contributed by atoms with van der Waals surface area (Å²) < 4.78 is 0. The average Bonchev–Trinajstić information content (AvgIpc) is 3.03. The SMILES string of the molecule is CC(C)N1C=C(c2c[nH]c(=O)c(-c3ccc4c(c3)CC(=O)N4CCO)c2)C=CC1. The molecule has 0 aliphatic carbocycles. The highest BCUT2D eigenvalue weighted by Gasteiger charge is 2.27. The van der Waals surface area contributed by atoms with Gasteiger partial charge in [-0.15, -0.1) is 0 Å². The van der Waals surface area contributed by atoms with E-state index in [1.165, 1.54) is 0 Å². The largest absolute Gasteiger partial charge is 0.395 e. The summed E-state index contributed by atoms with van der Waals surface area (Å²) in [5.74, 6) is -0.0277. The number of fused-ring (bicyclic) bond motifs is 1. The topological polar surface area (TPSA) is 76.6 Å². The van der Waals surface area contributed by atoms with Gasteiger partial charge in [0.05, 0.1) is 13.0 Å². The molecule has 2 aliphatic rings. The summed E-state index contributed by atoms with van der Waals surface area (Å²) in [6.45, 7) is 5.38. The summed E-state index contributed by atoms with van der Waals surface area (Å²) in [6, 6.07) is 7.93. The predicted octanol–water partition coefficient (Wildman–Crippen LogP) is 2.54. The first-order valence-corrected chi connectivity index (χ1v) is 9.89. The maximum absolute atomic E-state index is 12.5. The Morgan fingerprint density at radius 1 is 1.17 bits per heavy atom. The van der Waals surface area contributed by atoms with E-state index in [4.69, 9.17) is 0 Å². The summed E-state index contributed by atoms with van der Waals surface area (Å²) in [4.78, 5) is 31.5. The highest BCUT2D eigenvalue weighted by molar-refractivity contribution is 6.02. The molecule has 0 fully saturated rings. The minimum Gasteiger partial charge on any atom is -0.395 e. The quantitative estimate of drug-likeness (QED) is 0.821. The average molecular weight is 391 g/mol. The number of pyridine rings is 1. The molecule has 150 valence electrons. The van der Waals surface area contributed by atoms with Gasteiger partial charge >= 0.3 is 0 Å². The van der Waals surface area contributed by atoms with E-state index in [1.54, 1.807) is 11.1 Å². The molecule has 1 amide bonds. The number of nitrogens with one attached hydrogen (secondary N) is 1. The van der Waals surface area contributed by atoms with Gasteiger partial charge in [-0.25, -0.2) is 0 Å². The minimum absolute atomic E-state index is 0.0277. The number of carbonyl (C=O) groups excluding carboxylic acids is 1. The number of nitrogens with zero attached hydrogens (tertiary/aromatic N) is 2. The van der Waals surface area contributed by atoms with Crippen molar-refractivity contribution in [3.8, 4) is 11.1 Å². The lowest BCUT2D eigenvalue weighted by atomic mass is 9.99. The number of hydrogen-bond acceptors (Lipinski definition) is 4. The number of carbonyl (C=O) groups is 1. The Labute approximate surface area is 169 Å². The molecule has 6 heteroatoms. The zero-order valence-corrected chi connectivity index (χ0v) is 16.7. The van der Waals surface area contributed by atoms with Gasteiger partial charge < -0.3 is 19.9 Å². The predicted molar refractivity (Wildman–Crippen MR) is 115 cm³/mol. The molecule has 0 atom stereocenters. The van der Waals surface area contributed by atoms with Gasteiger partial charge in [-0.2, -0.15) is 0 Å². The fourth-order valence-electron chi connectivity index (χ4n) is 3.87. The Kier molecular flexibility index (Phi) is 5.11. The van der Waals surface area contributed by atoms with Gasteiger partial charge in [0.25, 0.3) is 5.56 Å². The van der Waals surface area contributed by atoms with Crippen molar-refractivity contribution in [2.75, 3.05) is 24.6 Å². The molecule has 2 N–H and O–H groups in total. The third-order valence-electron chi connectivity index (χ3n) is 5.47. The van der Waals surface area contributed by atoms with Crippen LogP contribution in [-0.4, -0.2) is 46.6 Å². The first-order valence-electron chi connectivity index (χ1n) is 9.89. The molecule has 0 saturated heterocycles. The summed E-state index contributed by atoms with van der Waals surface area (Å²) in [5.41, 5.74) is 4.89. The number of allylic oxidation sites excluding steroid dienone is 2. The van der Waals surface area contributed by atoms with E-state index in [2.05, 4.69) is 42.1 Å². The van der Waals surface area contributed by atoms with Crippen molar-refractivity contribution in [1.82, 2.24) is 9.88 Å². The van der Waals surface area contributed by atoms with Crippen molar-refractivity contribution < 1.29 is 9.90 Å². The molecule has 6 nitrogen and oxygen atoms in total. The number of aliphatic hydroxyl groups is 1. The molecule has 1 aromatic carbocycles. The number of H-pyrrole nitrogens is 1. The third kappa shape index (κ3) is 3.63. The molecule has 3 heterocycles. The van der Waals surface area contributed by atoms with E-state index in [0.29, 0.717) is 11.6 Å². The third-order valence-corrected chi connectivity index (χ3v) is 5.47. The van der Waals surface area contributed by atoms with E-state index >= 15 is 0 Å². The Bertz CT molecular complexity index is 1070. The van der Waals surface area contributed by atoms with Gasteiger partial charge in [-0.1, -0.05) is 18.2 Å². The van der Waals surface area contributed by atoms with Crippen molar-refractivity contribution in [3.05, 3.63) is 70.3 Å². The van der Waals surface area contributed by atoms with Gasteiger partial charge in [0.1, 0.15) is 0 Å². The molecule has 0 spiro atoms. The zero-order valence-electron chi connectivity index (χ0n) is 16.7. The van der Waals surface area contributed by atoms with Crippen LogP contribution in [0.1, 0.15) is 25.0 Å². The van der Waals surface area contributed by atoms with Gasteiger partial charge in [-0.3, -0.25) is 9.59 Å². The molecule has 4 rings (SSSR count). The van der Waals surface area contributed by atoms with E-state index in [1.807, 2.05) is 24.3 Å². The second kappa shape index (κ2) is 7.72. The summed E-state index contributed by atoms with van der Waals surface area (Å²) in [5, 5.41) is 9.19. The lowest BCUT2D eigenvalue weighted by Crippen LogP contribution is -2.29. The van der Waals surface area contributed by atoms with Crippen LogP contribution < -0.4 is 10.5 Å². The number of hydrogen-bond donors (Lipinski definition) is 2. The molecule has 1 aromatic heterocycles. The van der Waals surface area contributed by atoms with Gasteiger partial charge in [-0.05, 0) is 48.7 Å². The van der Waals surface area contributed by atoms with Crippen LogP contribution in [-0.2, 0) is 11.2 Å². The van der Waals surface area contributed by atoms with Crippen LogP contribution >= 0.6 is 0 Å². The molecule has 29 heavy (non-hydrogen) atoms. The summed E-state index contributed by atoms with van der Waals surface area (Å²) in [6.07, 6.45) is 8.35. The van der Waals surface area contributed by atoms with Crippen molar-refractivity contribution in [3.63, 3.8) is 0 Å². The standard InChI is InChI=1S/C23H25N3O3/c1-15(2)25-7-3-4-17(14-25)19-11-20(23(29)24-13-19)16-5-6-21-18(10-16)12-22(28)26(21)8-9-27/h3-6,10-11,13-15,27H,7-9,12H2,1-2H3,(H,24,29). The van der Waals surface area contributed by atoms with Crippen LogP contribution in [0, 0.1) is 0 Å². The van der Waals surface area contributed by atoms with Crippen LogP contribution in [0.25, 0.3) is 16.7 Å². The number of aromatic nitrogens is 1. The second-order valence-corrected chi connectivity index (χ2v) is 7.70. The van der Waals surface area contributed by atoms with E-state index < -0.39 is 0 Å². The highest BCUT2D eigenvalue weighted by atomic mass is 16.3. The van der Waals surface area contributed by atoms with Crippen LogP contribution in [0.3, 0.4) is 0 Å². The lowest BCUT2D eigenvalue weighted by Gasteiger charge is -2.27. The Morgan fingerprint density at radius 3 is 2.76 bits per heavy atom. The number of anilines is 1. The van der Waals surface area contributed by atoms with Crippen molar-refractivity contribution in [2.24, 2.45) is 0 Å². The van der Waals surface area contributed by atoms with Gasteiger partial charge in [0.15, 0.2) is 0 Å². The first-order chi connectivity index (χ1) is 14.0. The number of amides is 1. The van der Waals surface area contributed by atoms with Crippen molar-refractivity contribution in [1.29, 1.82) is 0 Å². The maximum atomic E-state index is 12.5. The van der Waals surface area contributed by atoms with Crippen LogP contribution in [0.5, 0.6) is 0 Å². The monoisotopic (exact) mass is 391 g/mol. The summed E-state index contributed by atoms with van der Waals surface area (Å²) in [7, 11) is 0. The number of benzene rings is 1. The molecule has 2 aromatic rings. The Balaban J connectivity index is 1.71. The van der Waals surface area contributed by atoms with Crippen LogP contribution in [0.2, 0.25) is 0 Å². The molecule has 0 saturated carbocycles. The van der Waals surface area contributed by atoms with Gasteiger partial charge in [0, 0.05) is 48.3 Å². The zero-order chi connectivity index (χ0) is 20.5. The normalized spacial score (nSPS) is 15.9. The fraction of sp³-hybridized carbons (Fsp3) is 0.304. The fourth-order valence-corrected chi connectivity index (χ4v) is 3.87. The number of rotatable bonds is 5. The Morgan fingerprint density at radius 2 is 2.00 bits per heavy atom. The second-order valence-electron chi connectivity index (χ2n) is 7.70. The molecular formula is C23H25N3O3. The van der Waals surface area contributed by atoms with E-state index in [-0.39, 0.29) is 31.0 Å². The molecular weight excluding hydrogens is 366 g/mol. The highest BCUT2D eigenvalue weighted by Crippen LogP contribution is 2.32. The lowest BCUT2D eigenvalue weighted by molar-refractivity contribution is -0.117. The smallest absolute Gasteiger partial charge is 0.255 e. The van der Waals surface area contributed by atoms with Crippen LogP contribution in [0.15, 0.2) is 53.6 Å². The maximum Gasteiger partial charge on any atom is 0.255 e. The van der Waals surface area contributed by atoms with E-state index in [0.717, 1.165) is 34.5 Å². The summed E-state index contributed by atoms with van der Waals surface area (Å²) >= 11 is 0. The number of β-amino-alcohol motifs (C(OH)–C–C–N with tert-alkyl or cyclic N) is 1. The van der Waals surface area contributed by atoms with Crippen molar-refractivity contribution in [2.45, 2.75) is 26.3 Å². The minimum atomic E-state index is -0.161. The van der Waals surface area contributed by atoms with E-state index in [9.17, 15) is 14.7 Å².